The highest BCUT2D eigenvalue weighted by Gasteiger charge is 2.42. The Morgan fingerprint density at radius 3 is 2.73 bits per heavy atom. The molecule has 0 N–H and O–H groups in total. The number of rotatable bonds is 7. The summed E-state index contributed by atoms with van der Waals surface area (Å²) in [6, 6.07) is 1.92. The zero-order valence-corrected chi connectivity index (χ0v) is 18.8. The number of ketones is 1. The molecule has 1 aliphatic carbocycles. The number of hydrogen-bond donors (Lipinski definition) is 0. The van der Waals surface area contributed by atoms with Crippen LogP contribution in [0.3, 0.4) is 0 Å². The number of carbonyl (C=O) groups excluding carboxylic acids is 1. The number of nitrogens with zero attached hydrogens (tertiary/aromatic N) is 5. The van der Waals surface area contributed by atoms with Crippen LogP contribution in [0.4, 0.5) is 0 Å². The normalized spacial score (nSPS) is 19.8. The Morgan fingerprint density at radius 1 is 1.27 bits per heavy atom. The zero-order chi connectivity index (χ0) is 21.5. The minimum absolute atomic E-state index is 0.0527. The monoisotopic (exact) mass is 407 g/mol. The van der Waals surface area contributed by atoms with Gasteiger partial charge in [0.2, 0.25) is 0 Å². The Kier molecular flexibility index (Phi) is 5.51. The maximum absolute atomic E-state index is 12.4. The van der Waals surface area contributed by atoms with Gasteiger partial charge in [0.05, 0.1) is 6.20 Å². The molecule has 1 fully saturated rings. The first kappa shape index (κ1) is 20.8. The quantitative estimate of drug-likeness (QED) is 0.563. The molecule has 1 saturated carbocycles. The highest BCUT2D eigenvalue weighted by Crippen LogP contribution is 2.43. The van der Waals surface area contributed by atoms with E-state index in [0.717, 1.165) is 41.8 Å². The summed E-state index contributed by atoms with van der Waals surface area (Å²) in [5.41, 5.74) is 1.98. The predicted octanol–water partition coefficient (Wildman–Crippen LogP) is 4.83. The van der Waals surface area contributed by atoms with E-state index >= 15 is 0 Å². The van der Waals surface area contributed by atoms with Gasteiger partial charge in [-0.1, -0.05) is 41.0 Å². The fourth-order valence-corrected chi connectivity index (χ4v) is 4.76. The van der Waals surface area contributed by atoms with Crippen molar-refractivity contribution in [2.75, 3.05) is 0 Å². The van der Waals surface area contributed by atoms with Crippen molar-refractivity contribution in [3.05, 3.63) is 42.2 Å². The van der Waals surface area contributed by atoms with Gasteiger partial charge in [0.1, 0.15) is 17.5 Å². The van der Waals surface area contributed by atoms with Crippen LogP contribution in [-0.4, -0.2) is 30.1 Å². The van der Waals surface area contributed by atoms with E-state index in [-0.39, 0.29) is 17.2 Å². The number of aromatic nitrogens is 5. The first-order chi connectivity index (χ1) is 14.3. The first-order valence-corrected chi connectivity index (χ1v) is 11.1. The van der Waals surface area contributed by atoms with Crippen LogP contribution in [0.5, 0.6) is 0 Å². The van der Waals surface area contributed by atoms with Gasteiger partial charge in [-0.2, -0.15) is 5.10 Å². The van der Waals surface area contributed by atoms with E-state index in [1.165, 1.54) is 0 Å². The molecule has 3 aromatic heterocycles. The van der Waals surface area contributed by atoms with Crippen LogP contribution >= 0.6 is 0 Å². The lowest BCUT2D eigenvalue weighted by Gasteiger charge is -2.25. The molecule has 4 rings (SSSR count). The van der Waals surface area contributed by atoms with Gasteiger partial charge in [-0.05, 0) is 35.3 Å². The molecule has 1 aliphatic rings. The largest absolute Gasteiger partial charge is 0.332 e. The topological polar surface area (TPSA) is 65.6 Å². The van der Waals surface area contributed by atoms with Crippen LogP contribution in [0, 0.1) is 17.3 Å². The summed E-state index contributed by atoms with van der Waals surface area (Å²) < 4.78 is 4.11. The van der Waals surface area contributed by atoms with Crippen LogP contribution < -0.4 is 0 Å². The van der Waals surface area contributed by atoms with E-state index in [9.17, 15) is 4.79 Å². The van der Waals surface area contributed by atoms with Crippen molar-refractivity contribution in [2.45, 2.75) is 72.9 Å². The lowest BCUT2D eigenvalue weighted by Crippen LogP contribution is -2.26. The second-order valence-electron chi connectivity index (χ2n) is 9.81. The second kappa shape index (κ2) is 7.97. The van der Waals surface area contributed by atoms with E-state index in [2.05, 4.69) is 61.5 Å². The Morgan fingerprint density at radius 2 is 2.07 bits per heavy atom. The van der Waals surface area contributed by atoms with Gasteiger partial charge in [-0.3, -0.25) is 9.48 Å². The molecule has 0 spiro atoms. The average Bonchev–Trinajstić information content (AvgIpc) is 3.37. The highest BCUT2D eigenvalue weighted by molar-refractivity contribution is 5.85. The first-order valence-electron chi connectivity index (χ1n) is 11.1. The average molecular weight is 408 g/mol. The van der Waals surface area contributed by atoms with E-state index in [4.69, 9.17) is 4.98 Å². The van der Waals surface area contributed by atoms with Crippen molar-refractivity contribution in [3.8, 4) is 0 Å². The van der Waals surface area contributed by atoms with Gasteiger partial charge in [0.15, 0.2) is 5.78 Å². The summed E-state index contributed by atoms with van der Waals surface area (Å²) in [7, 11) is 0. The summed E-state index contributed by atoms with van der Waals surface area (Å²) >= 11 is 0. The van der Waals surface area contributed by atoms with Gasteiger partial charge < -0.3 is 4.57 Å². The van der Waals surface area contributed by atoms with Crippen molar-refractivity contribution in [1.82, 2.24) is 24.3 Å². The molecule has 6 heteroatoms. The molecule has 0 saturated heterocycles. The molecule has 3 aromatic rings. The van der Waals surface area contributed by atoms with Crippen LogP contribution in [0.25, 0.3) is 11.0 Å². The summed E-state index contributed by atoms with van der Waals surface area (Å²) in [5.74, 6) is 2.34. The molecular formula is C24H33N5O. The van der Waals surface area contributed by atoms with Gasteiger partial charge in [-0.15, -0.1) is 0 Å². The molecule has 3 heterocycles. The number of carbonyl (C=O) groups is 1. The fraction of sp³-hybridized carbons (Fsp3) is 0.583. The Balaban J connectivity index is 1.56. The number of hydrogen-bond acceptors (Lipinski definition) is 4. The molecule has 0 amide bonds. The Hall–Kier alpha value is -2.50. The van der Waals surface area contributed by atoms with Gasteiger partial charge in [0.25, 0.3) is 0 Å². The highest BCUT2D eigenvalue weighted by atomic mass is 16.1. The molecule has 30 heavy (non-hydrogen) atoms. The van der Waals surface area contributed by atoms with E-state index in [1.54, 1.807) is 0 Å². The molecule has 2 atom stereocenters. The predicted molar refractivity (Wildman–Crippen MR) is 118 cm³/mol. The molecule has 0 radical (unpaired) electrons. The van der Waals surface area contributed by atoms with E-state index in [1.807, 2.05) is 23.3 Å². The number of Topliss-reactive ketones (excluding diaryl/α,β-unsaturated/α-hetero) is 1. The third-order valence-electron chi connectivity index (χ3n) is 6.79. The summed E-state index contributed by atoms with van der Waals surface area (Å²) in [6.45, 7) is 12.1. The lowest BCUT2D eigenvalue weighted by molar-refractivity contribution is -0.121. The maximum atomic E-state index is 12.4. The maximum Gasteiger partial charge on any atom is 0.157 e. The van der Waals surface area contributed by atoms with Gasteiger partial charge in [0, 0.05) is 43.4 Å². The van der Waals surface area contributed by atoms with Crippen molar-refractivity contribution < 1.29 is 4.79 Å². The second-order valence-corrected chi connectivity index (χ2v) is 9.81. The van der Waals surface area contributed by atoms with E-state index < -0.39 is 0 Å². The summed E-state index contributed by atoms with van der Waals surface area (Å²) in [4.78, 5) is 21.8. The van der Waals surface area contributed by atoms with Crippen molar-refractivity contribution >= 4 is 16.8 Å². The van der Waals surface area contributed by atoms with E-state index in [0.29, 0.717) is 24.7 Å². The fourth-order valence-electron chi connectivity index (χ4n) is 4.76. The summed E-state index contributed by atoms with van der Waals surface area (Å²) in [6.07, 6.45) is 11.2. The Labute approximate surface area is 178 Å². The summed E-state index contributed by atoms with van der Waals surface area (Å²) in [5, 5.41) is 5.59. The van der Waals surface area contributed by atoms with Crippen molar-refractivity contribution in [2.24, 2.45) is 17.3 Å². The van der Waals surface area contributed by atoms with Crippen LogP contribution in [0.2, 0.25) is 0 Å². The SMILES string of the molecule is CC[C@H](Cn1ccc2cnc(Cc3cnn(C4C(=O)CCC4(C)C)c3)nc21)C(C)C. The zero-order valence-electron chi connectivity index (χ0n) is 18.8. The smallest absolute Gasteiger partial charge is 0.157 e. The molecular weight excluding hydrogens is 374 g/mol. The van der Waals surface area contributed by atoms with Crippen LogP contribution in [-0.2, 0) is 17.8 Å². The molecule has 160 valence electrons. The van der Waals surface area contributed by atoms with Crippen molar-refractivity contribution in [1.29, 1.82) is 0 Å². The minimum atomic E-state index is -0.172. The van der Waals surface area contributed by atoms with Crippen LogP contribution in [0.15, 0.2) is 30.9 Å². The van der Waals surface area contributed by atoms with Gasteiger partial charge in [-0.25, -0.2) is 9.97 Å². The van der Waals surface area contributed by atoms with Gasteiger partial charge >= 0.3 is 0 Å². The molecule has 0 aliphatic heterocycles. The molecule has 6 nitrogen and oxygen atoms in total. The third-order valence-corrected chi connectivity index (χ3v) is 6.79. The van der Waals surface area contributed by atoms with Crippen LogP contribution in [0.1, 0.15) is 71.3 Å². The molecule has 0 aromatic carbocycles. The molecule has 1 unspecified atom stereocenters. The Bertz CT molecular complexity index is 1040. The minimum Gasteiger partial charge on any atom is -0.332 e. The standard InChI is InChI=1S/C24H33N5O/c1-6-18(16(2)3)15-28-10-8-19-13-25-21(27-23(19)28)11-17-12-26-29(14-17)22-20(30)7-9-24(22,4)5/h8,10,12-14,16,18,22H,6-7,9,11,15H2,1-5H3/t18-,22?/m1/s1. The third kappa shape index (κ3) is 3.92. The number of fused-ring (bicyclic) bond motifs is 1. The molecule has 0 bridgehead atoms. The lowest BCUT2D eigenvalue weighted by atomic mass is 9.87. The van der Waals surface area contributed by atoms with Crippen molar-refractivity contribution in [3.63, 3.8) is 0 Å².